The van der Waals surface area contributed by atoms with Gasteiger partial charge in [-0.2, -0.15) is 0 Å². The molecule has 0 radical (unpaired) electrons. The smallest absolute Gasteiger partial charge is 0.307 e. The van der Waals surface area contributed by atoms with Crippen molar-refractivity contribution < 1.29 is 14.3 Å². The molecule has 0 atom stereocenters. The van der Waals surface area contributed by atoms with Crippen molar-refractivity contribution in [2.75, 3.05) is 20.2 Å². The lowest BCUT2D eigenvalue weighted by Gasteiger charge is -2.23. The average Bonchev–Trinajstić information content (AvgIpc) is 3.19. The van der Waals surface area contributed by atoms with Crippen LogP contribution in [0.4, 0.5) is 0 Å². The van der Waals surface area contributed by atoms with E-state index in [1.54, 1.807) is 21.6 Å². The van der Waals surface area contributed by atoms with Crippen LogP contribution in [0, 0.1) is 5.92 Å². The van der Waals surface area contributed by atoms with Crippen molar-refractivity contribution in [1.82, 2.24) is 9.88 Å². The van der Waals surface area contributed by atoms with Gasteiger partial charge in [0.15, 0.2) is 0 Å². The number of methoxy groups -OCH3 is 1. The van der Waals surface area contributed by atoms with E-state index in [0.29, 0.717) is 24.7 Å². The normalized spacial score (nSPS) is 10.8. The van der Waals surface area contributed by atoms with Gasteiger partial charge in [-0.15, -0.1) is 22.7 Å². The van der Waals surface area contributed by atoms with Crippen molar-refractivity contribution in [2.45, 2.75) is 20.3 Å². The van der Waals surface area contributed by atoms with Crippen molar-refractivity contribution in [3.05, 3.63) is 28.6 Å². The number of rotatable bonds is 7. The highest BCUT2D eigenvalue weighted by molar-refractivity contribution is 7.20. The Labute approximate surface area is 143 Å². The zero-order valence-corrected chi connectivity index (χ0v) is 15.1. The fourth-order valence-electron chi connectivity index (χ4n) is 2.09. The van der Waals surface area contributed by atoms with Crippen LogP contribution in [0.15, 0.2) is 22.9 Å². The van der Waals surface area contributed by atoms with Gasteiger partial charge in [0, 0.05) is 18.5 Å². The molecule has 23 heavy (non-hydrogen) atoms. The standard InChI is InChI=1S/C16H20N2O3S2/c1-11(2)9-18(7-6-14(19)21-3)16(20)12-10-23-15(17-12)13-5-4-8-22-13/h4-5,8,10-11H,6-7,9H2,1-3H3. The summed E-state index contributed by atoms with van der Waals surface area (Å²) in [5.74, 6) is -0.141. The lowest BCUT2D eigenvalue weighted by atomic mass is 10.2. The maximum Gasteiger partial charge on any atom is 0.307 e. The van der Waals surface area contributed by atoms with Gasteiger partial charge in [0.2, 0.25) is 0 Å². The van der Waals surface area contributed by atoms with Gasteiger partial charge in [0.25, 0.3) is 5.91 Å². The third kappa shape index (κ3) is 4.87. The Kier molecular flexibility index (Phi) is 6.29. The average molecular weight is 352 g/mol. The topological polar surface area (TPSA) is 59.5 Å². The van der Waals surface area contributed by atoms with Crippen LogP contribution < -0.4 is 0 Å². The van der Waals surface area contributed by atoms with Crippen LogP contribution in [0.3, 0.4) is 0 Å². The summed E-state index contributed by atoms with van der Waals surface area (Å²) in [5.41, 5.74) is 0.434. The molecule has 0 bridgehead atoms. The van der Waals surface area contributed by atoms with E-state index in [0.717, 1.165) is 9.88 Å². The lowest BCUT2D eigenvalue weighted by molar-refractivity contribution is -0.140. The van der Waals surface area contributed by atoms with Crippen molar-refractivity contribution in [2.24, 2.45) is 5.92 Å². The zero-order chi connectivity index (χ0) is 16.8. The molecule has 1 amide bonds. The van der Waals surface area contributed by atoms with E-state index in [2.05, 4.69) is 9.72 Å². The van der Waals surface area contributed by atoms with Crippen molar-refractivity contribution in [1.29, 1.82) is 0 Å². The van der Waals surface area contributed by atoms with E-state index >= 15 is 0 Å². The molecule has 0 saturated heterocycles. The molecule has 2 aromatic rings. The molecule has 2 heterocycles. The maximum absolute atomic E-state index is 12.7. The summed E-state index contributed by atoms with van der Waals surface area (Å²) in [6.45, 7) is 5.00. The predicted octanol–water partition coefficient (Wildman–Crippen LogP) is 3.53. The molecule has 5 nitrogen and oxygen atoms in total. The number of ether oxygens (including phenoxy) is 1. The number of esters is 1. The Morgan fingerprint density at radius 1 is 1.35 bits per heavy atom. The summed E-state index contributed by atoms with van der Waals surface area (Å²) < 4.78 is 4.66. The minimum Gasteiger partial charge on any atom is -0.469 e. The van der Waals surface area contributed by atoms with Crippen LogP contribution in [-0.2, 0) is 9.53 Å². The SMILES string of the molecule is COC(=O)CCN(CC(C)C)C(=O)c1csc(-c2cccs2)n1. The number of hydrogen-bond acceptors (Lipinski definition) is 6. The summed E-state index contributed by atoms with van der Waals surface area (Å²) in [6.07, 6.45) is 0.191. The van der Waals surface area contributed by atoms with Gasteiger partial charge in [-0.1, -0.05) is 19.9 Å². The van der Waals surface area contributed by atoms with Gasteiger partial charge in [-0.25, -0.2) is 4.98 Å². The Morgan fingerprint density at radius 3 is 2.74 bits per heavy atom. The van der Waals surface area contributed by atoms with Crippen LogP contribution in [-0.4, -0.2) is 42.0 Å². The monoisotopic (exact) mass is 352 g/mol. The molecular formula is C16H20N2O3S2. The summed E-state index contributed by atoms with van der Waals surface area (Å²) in [6, 6.07) is 3.95. The number of carbonyl (C=O) groups is 2. The molecule has 7 heteroatoms. The molecule has 0 unspecified atom stereocenters. The quantitative estimate of drug-likeness (QED) is 0.715. The van der Waals surface area contributed by atoms with E-state index in [-0.39, 0.29) is 18.3 Å². The van der Waals surface area contributed by atoms with Gasteiger partial charge < -0.3 is 9.64 Å². The van der Waals surface area contributed by atoms with Crippen LogP contribution in [0.2, 0.25) is 0 Å². The molecule has 2 aromatic heterocycles. The molecular weight excluding hydrogens is 332 g/mol. The third-order valence-electron chi connectivity index (χ3n) is 3.14. The summed E-state index contributed by atoms with van der Waals surface area (Å²) in [5, 5.41) is 4.61. The second kappa shape index (κ2) is 8.21. The van der Waals surface area contributed by atoms with Crippen molar-refractivity contribution in [3.63, 3.8) is 0 Å². The largest absolute Gasteiger partial charge is 0.469 e. The lowest BCUT2D eigenvalue weighted by Crippen LogP contribution is -2.36. The molecule has 0 aliphatic rings. The van der Waals surface area contributed by atoms with Gasteiger partial charge in [0.05, 0.1) is 18.4 Å². The summed E-state index contributed by atoms with van der Waals surface area (Å²) in [4.78, 5) is 31.2. The molecule has 0 N–H and O–H groups in total. The van der Waals surface area contributed by atoms with E-state index in [9.17, 15) is 9.59 Å². The van der Waals surface area contributed by atoms with Crippen LogP contribution in [0.5, 0.6) is 0 Å². The van der Waals surface area contributed by atoms with Crippen molar-refractivity contribution in [3.8, 4) is 9.88 Å². The second-order valence-electron chi connectivity index (χ2n) is 5.49. The first kappa shape index (κ1) is 17.6. The fraction of sp³-hybridized carbons (Fsp3) is 0.438. The maximum atomic E-state index is 12.7. The number of nitrogens with zero attached hydrogens (tertiary/aromatic N) is 2. The number of aromatic nitrogens is 1. The minimum atomic E-state index is -0.316. The van der Waals surface area contributed by atoms with Crippen LogP contribution in [0.1, 0.15) is 30.8 Å². The first-order chi connectivity index (χ1) is 11.0. The number of amides is 1. The van der Waals surface area contributed by atoms with Crippen LogP contribution in [0.25, 0.3) is 9.88 Å². The van der Waals surface area contributed by atoms with E-state index in [4.69, 9.17) is 0 Å². The molecule has 0 aliphatic heterocycles. The third-order valence-corrected chi connectivity index (χ3v) is 5.02. The highest BCUT2D eigenvalue weighted by atomic mass is 32.1. The zero-order valence-electron chi connectivity index (χ0n) is 13.4. The highest BCUT2D eigenvalue weighted by Crippen LogP contribution is 2.28. The van der Waals surface area contributed by atoms with E-state index in [1.807, 2.05) is 31.4 Å². The van der Waals surface area contributed by atoms with E-state index < -0.39 is 0 Å². The number of carbonyl (C=O) groups excluding carboxylic acids is 2. The second-order valence-corrected chi connectivity index (χ2v) is 7.29. The molecule has 0 saturated carbocycles. The fourth-order valence-corrected chi connectivity index (χ4v) is 3.70. The first-order valence-corrected chi connectivity index (χ1v) is 9.12. The Balaban J connectivity index is 2.11. The molecule has 0 aliphatic carbocycles. The highest BCUT2D eigenvalue weighted by Gasteiger charge is 2.21. The van der Waals surface area contributed by atoms with Crippen LogP contribution >= 0.6 is 22.7 Å². The Bertz CT molecular complexity index is 650. The predicted molar refractivity (Wildman–Crippen MR) is 92.8 cm³/mol. The molecule has 0 aromatic carbocycles. The van der Waals surface area contributed by atoms with Gasteiger partial charge in [-0.05, 0) is 17.4 Å². The summed E-state index contributed by atoms with van der Waals surface area (Å²) in [7, 11) is 1.35. The van der Waals surface area contributed by atoms with Crippen molar-refractivity contribution >= 4 is 34.6 Å². The van der Waals surface area contributed by atoms with Gasteiger partial charge in [0.1, 0.15) is 10.7 Å². The Morgan fingerprint density at radius 2 is 2.13 bits per heavy atom. The summed E-state index contributed by atoms with van der Waals surface area (Å²) >= 11 is 3.06. The first-order valence-electron chi connectivity index (χ1n) is 7.36. The number of thiazole rings is 1. The number of thiophene rings is 1. The molecule has 124 valence electrons. The van der Waals surface area contributed by atoms with Gasteiger partial charge in [-0.3, -0.25) is 9.59 Å². The Hall–Kier alpha value is -1.73. The molecule has 0 fully saturated rings. The number of hydrogen-bond donors (Lipinski definition) is 0. The molecule has 0 spiro atoms. The van der Waals surface area contributed by atoms with E-state index in [1.165, 1.54) is 18.4 Å². The molecule has 2 rings (SSSR count). The minimum absolute atomic E-state index is 0.137. The van der Waals surface area contributed by atoms with Gasteiger partial charge >= 0.3 is 5.97 Å².